The first-order valence-corrected chi connectivity index (χ1v) is 10.6. The molecule has 192 valence electrons. The van der Waals surface area contributed by atoms with E-state index in [9.17, 15) is 39.0 Å². The van der Waals surface area contributed by atoms with E-state index >= 15 is 0 Å². The van der Waals surface area contributed by atoms with E-state index in [0.29, 0.717) is 5.56 Å². The number of carboxylic acid groups (broad SMARTS) is 1. The first-order chi connectivity index (χ1) is 16.4. The summed E-state index contributed by atoms with van der Waals surface area (Å²) >= 11 is 0. The molecule has 4 unspecified atom stereocenters. The highest BCUT2D eigenvalue weighted by Gasteiger charge is 2.30. The van der Waals surface area contributed by atoms with Crippen LogP contribution in [0.3, 0.4) is 0 Å². The fraction of sp³-hybridized carbons (Fsp3) is 0.429. The number of hydrogen-bond donors (Lipinski definition) is 8. The zero-order valence-corrected chi connectivity index (χ0v) is 18.8. The molecule has 0 saturated heterocycles. The van der Waals surface area contributed by atoms with Gasteiger partial charge in [-0.3, -0.25) is 24.0 Å². The van der Waals surface area contributed by atoms with Crippen molar-refractivity contribution in [3.63, 3.8) is 0 Å². The number of aliphatic hydroxyl groups is 1. The van der Waals surface area contributed by atoms with Crippen LogP contribution in [0.1, 0.15) is 24.8 Å². The Labute approximate surface area is 200 Å². The maximum Gasteiger partial charge on any atom is 0.326 e. The van der Waals surface area contributed by atoms with Gasteiger partial charge in [-0.1, -0.05) is 30.3 Å². The zero-order valence-electron chi connectivity index (χ0n) is 18.8. The minimum absolute atomic E-state index is 0.0299. The van der Waals surface area contributed by atoms with Gasteiger partial charge < -0.3 is 43.4 Å². The molecule has 0 aromatic heterocycles. The molecule has 0 aliphatic heterocycles. The topological polar surface area (TPSA) is 257 Å². The van der Waals surface area contributed by atoms with E-state index in [4.69, 9.17) is 17.2 Å². The molecule has 0 spiro atoms. The molecule has 5 amide bonds. The second-order valence-corrected chi connectivity index (χ2v) is 7.68. The van der Waals surface area contributed by atoms with Crippen molar-refractivity contribution in [2.45, 2.75) is 49.9 Å². The third kappa shape index (κ3) is 10.6. The van der Waals surface area contributed by atoms with Crippen LogP contribution in [0.5, 0.6) is 0 Å². The van der Waals surface area contributed by atoms with Crippen molar-refractivity contribution in [1.29, 1.82) is 0 Å². The number of aliphatic carboxylic acids is 1. The van der Waals surface area contributed by atoms with Crippen LogP contribution in [0.25, 0.3) is 0 Å². The lowest BCUT2D eigenvalue weighted by Crippen LogP contribution is -2.58. The van der Waals surface area contributed by atoms with Crippen LogP contribution in [-0.4, -0.2) is 76.5 Å². The summed E-state index contributed by atoms with van der Waals surface area (Å²) in [6.45, 7) is -0.896. The number of aliphatic hydroxyl groups excluding tert-OH is 1. The molecule has 14 heteroatoms. The summed E-state index contributed by atoms with van der Waals surface area (Å²) < 4.78 is 0. The smallest absolute Gasteiger partial charge is 0.326 e. The number of hydrogen-bond acceptors (Lipinski definition) is 8. The molecule has 0 aliphatic carbocycles. The Kier molecular flexibility index (Phi) is 11.8. The van der Waals surface area contributed by atoms with Gasteiger partial charge in [0.1, 0.15) is 18.1 Å². The Balaban J connectivity index is 2.97. The van der Waals surface area contributed by atoms with Crippen LogP contribution in [0.2, 0.25) is 0 Å². The number of carbonyl (C=O) groups excluding carboxylic acids is 5. The van der Waals surface area contributed by atoms with E-state index in [0.717, 1.165) is 0 Å². The molecule has 11 N–H and O–H groups in total. The third-order valence-corrected chi connectivity index (χ3v) is 4.78. The average molecular weight is 495 g/mol. The van der Waals surface area contributed by atoms with Gasteiger partial charge in [-0.25, -0.2) is 4.79 Å². The molecule has 0 bridgehead atoms. The molecule has 0 heterocycles. The average Bonchev–Trinajstić information content (AvgIpc) is 2.79. The van der Waals surface area contributed by atoms with E-state index < -0.39 is 72.7 Å². The maximum absolute atomic E-state index is 12.9. The first-order valence-electron chi connectivity index (χ1n) is 10.6. The summed E-state index contributed by atoms with van der Waals surface area (Å²) in [4.78, 5) is 71.1. The van der Waals surface area contributed by atoms with Gasteiger partial charge in [0.2, 0.25) is 29.5 Å². The van der Waals surface area contributed by atoms with E-state index in [1.807, 2.05) is 0 Å². The zero-order chi connectivity index (χ0) is 26.5. The van der Waals surface area contributed by atoms with E-state index in [2.05, 4.69) is 16.0 Å². The number of nitrogens with two attached hydrogens (primary N) is 3. The summed E-state index contributed by atoms with van der Waals surface area (Å²) in [5, 5.41) is 25.6. The van der Waals surface area contributed by atoms with Crippen LogP contribution in [-0.2, 0) is 35.2 Å². The van der Waals surface area contributed by atoms with Crippen molar-refractivity contribution >= 4 is 35.5 Å². The molecule has 35 heavy (non-hydrogen) atoms. The summed E-state index contributed by atoms with van der Waals surface area (Å²) in [6.07, 6.45) is -1.11. The van der Waals surface area contributed by atoms with Crippen LogP contribution >= 0.6 is 0 Å². The van der Waals surface area contributed by atoms with E-state index in [-0.39, 0.29) is 19.3 Å². The molecule has 0 saturated carbocycles. The van der Waals surface area contributed by atoms with Gasteiger partial charge in [-0.2, -0.15) is 0 Å². The standard InChI is InChI=1S/C21H30N6O8/c22-12(9-17(24)30)18(31)26-14(8-11-4-2-1-3-5-11)19(32)27-15(10-28)20(33)25-13(21(34)35)6-7-16(23)29/h1-5,12-15,28H,6-10,22H2,(H2,23,29)(H2,24,30)(H,25,33)(H,26,31)(H,27,32)(H,34,35). The molecule has 0 fully saturated rings. The van der Waals surface area contributed by atoms with Crippen LogP contribution in [0.4, 0.5) is 0 Å². The van der Waals surface area contributed by atoms with Crippen molar-refractivity contribution in [1.82, 2.24) is 16.0 Å². The van der Waals surface area contributed by atoms with Crippen molar-refractivity contribution in [3.8, 4) is 0 Å². The highest BCUT2D eigenvalue weighted by molar-refractivity contribution is 5.95. The van der Waals surface area contributed by atoms with Crippen LogP contribution < -0.4 is 33.2 Å². The molecule has 4 atom stereocenters. The van der Waals surface area contributed by atoms with Crippen LogP contribution in [0, 0.1) is 0 Å². The van der Waals surface area contributed by atoms with E-state index in [1.165, 1.54) is 0 Å². The Bertz CT molecular complexity index is 926. The Morgan fingerprint density at radius 3 is 1.86 bits per heavy atom. The summed E-state index contributed by atoms with van der Waals surface area (Å²) in [6, 6.07) is 2.85. The number of rotatable bonds is 15. The largest absolute Gasteiger partial charge is 0.480 e. The summed E-state index contributed by atoms with van der Waals surface area (Å²) in [7, 11) is 0. The fourth-order valence-electron chi connectivity index (χ4n) is 2.93. The third-order valence-electron chi connectivity index (χ3n) is 4.78. The Morgan fingerprint density at radius 1 is 0.800 bits per heavy atom. The van der Waals surface area contributed by atoms with Gasteiger partial charge in [-0.15, -0.1) is 0 Å². The number of carboxylic acids is 1. The molecular weight excluding hydrogens is 464 g/mol. The Hall–Kier alpha value is -4.04. The van der Waals surface area contributed by atoms with Gasteiger partial charge in [0.25, 0.3) is 0 Å². The summed E-state index contributed by atoms with van der Waals surface area (Å²) in [5.74, 6) is -5.80. The number of amides is 5. The predicted octanol–water partition coefficient (Wildman–Crippen LogP) is -3.77. The molecule has 0 radical (unpaired) electrons. The quantitative estimate of drug-likeness (QED) is 0.119. The molecular formula is C21H30N6O8. The van der Waals surface area contributed by atoms with Gasteiger partial charge in [0.05, 0.1) is 19.1 Å². The van der Waals surface area contributed by atoms with Crippen molar-refractivity contribution in [2.75, 3.05) is 6.61 Å². The molecule has 1 aromatic rings. The maximum atomic E-state index is 12.9. The molecule has 0 aliphatic rings. The molecule has 1 aromatic carbocycles. The lowest BCUT2D eigenvalue weighted by molar-refractivity contribution is -0.143. The van der Waals surface area contributed by atoms with Crippen molar-refractivity contribution < 1.29 is 39.0 Å². The predicted molar refractivity (Wildman–Crippen MR) is 121 cm³/mol. The monoisotopic (exact) mass is 494 g/mol. The molecule has 14 nitrogen and oxygen atoms in total. The lowest BCUT2D eigenvalue weighted by Gasteiger charge is -2.24. The second kappa shape index (κ2) is 14.3. The number of primary amides is 2. The van der Waals surface area contributed by atoms with Crippen molar-refractivity contribution in [2.24, 2.45) is 17.2 Å². The number of carbonyl (C=O) groups is 6. The van der Waals surface area contributed by atoms with Gasteiger partial charge in [-0.05, 0) is 12.0 Å². The minimum atomic E-state index is -1.58. The summed E-state index contributed by atoms with van der Waals surface area (Å²) in [5.41, 5.74) is 16.3. The lowest BCUT2D eigenvalue weighted by atomic mass is 10.0. The fourth-order valence-corrected chi connectivity index (χ4v) is 2.93. The van der Waals surface area contributed by atoms with E-state index in [1.54, 1.807) is 30.3 Å². The van der Waals surface area contributed by atoms with Gasteiger partial charge in [0.15, 0.2) is 0 Å². The SMILES string of the molecule is NC(=O)CCC(NC(=O)C(CO)NC(=O)C(Cc1ccccc1)NC(=O)C(N)CC(N)=O)C(=O)O. The van der Waals surface area contributed by atoms with Crippen LogP contribution in [0.15, 0.2) is 30.3 Å². The number of nitrogens with one attached hydrogen (secondary N) is 3. The van der Waals surface area contributed by atoms with Gasteiger partial charge >= 0.3 is 5.97 Å². The number of benzene rings is 1. The first kappa shape index (κ1) is 29.0. The van der Waals surface area contributed by atoms with Gasteiger partial charge in [0, 0.05) is 12.8 Å². The second-order valence-electron chi connectivity index (χ2n) is 7.68. The molecule has 1 rings (SSSR count). The normalized spacial score (nSPS) is 14.0. The highest BCUT2D eigenvalue weighted by Crippen LogP contribution is 2.05. The van der Waals surface area contributed by atoms with Crippen molar-refractivity contribution in [3.05, 3.63) is 35.9 Å². The minimum Gasteiger partial charge on any atom is -0.480 e. The highest BCUT2D eigenvalue weighted by atomic mass is 16.4. The Morgan fingerprint density at radius 2 is 1.34 bits per heavy atom.